The molecule has 5 heteroatoms. The molecule has 2 N–H and O–H groups in total. The predicted octanol–water partition coefficient (Wildman–Crippen LogP) is 6.05. The first-order valence-corrected chi connectivity index (χ1v) is 14.2. The van der Waals surface area contributed by atoms with Crippen molar-refractivity contribution in [1.29, 1.82) is 0 Å². The minimum Gasteiger partial charge on any atom is -0.352 e. The second-order valence-electron chi connectivity index (χ2n) is 10.7. The van der Waals surface area contributed by atoms with Crippen molar-refractivity contribution in [3.8, 4) is 0 Å². The van der Waals surface area contributed by atoms with Crippen LogP contribution in [0.1, 0.15) is 58.6 Å². The van der Waals surface area contributed by atoms with Gasteiger partial charge in [-0.05, 0) is 66.5 Å². The third-order valence-electron chi connectivity index (χ3n) is 8.29. The number of nitrogens with zero attached hydrogens (tertiary/aromatic N) is 2. The molecule has 0 aliphatic carbocycles. The van der Waals surface area contributed by atoms with E-state index in [1.807, 2.05) is 12.1 Å². The van der Waals surface area contributed by atoms with E-state index < -0.39 is 0 Å². The van der Waals surface area contributed by atoms with Crippen molar-refractivity contribution in [3.63, 3.8) is 0 Å². The number of piperidine rings is 1. The molecule has 0 saturated carbocycles. The monoisotopic (exact) mass is 516 g/mol. The van der Waals surface area contributed by atoms with Gasteiger partial charge in [0.15, 0.2) is 0 Å². The third-order valence-corrected chi connectivity index (χ3v) is 8.29. The van der Waals surface area contributed by atoms with Crippen molar-refractivity contribution in [2.24, 2.45) is 0 Å². The molecule has 0 radical (unpaired) electrons. The van der Waals surface area contributed by atoms with Crippen LogP contribution in [-0.2, 0) is 12.8 Å². The number of hydrogen-bond acceptors (Lipinski definition) is 3. The van der Waals surface area contributed by atoms with Gasteiger partial charge >= 0.3 is 0 Å². The van der Waals surface area contributed by atoms with Gasteiger partial charge in [-0.3, -0.25) is 9.69 Å². The van der Waals surface area contributed by atoms with Gasteiger partial charge in [-0.15, -0.1) is 0 Å². The van der Waals surface area contributed by atoms with Gasteiger partial charge in [-0.1, -0.05) is 78.4 Å². The number of hydrogen-bond donors (Lipinski definition) is 2. The summed E-state index contributed by atoms with van der Waals surface area (Å²) in [7, 11) is 0. The number of nitrogens with one attached hydrogen (secondary N) is 2. The quantitative estimate of drug-likeness (QED) is 0.285. The first-order valence-electron chi connectivity index (χ1n) is 14.2. The number of carbonyl (C=O) groups is 1. The summed E-state index contributed by atoms with van der Waals surface area (Å²) < 4.78 is 0. The summed E-state index contributed by atoms with van der Waals surface area (Å²) in [5.74, 6) is 0.830. The Morgan fingerprint density at radius 3 is 2.13 bits per heavy atom. The maximum absolute atomic E-state index is 12.8. The molecule has 4 aromatic rings. The number of carbonyl (C=O) groups excluding carboxylic acids is 1. The number of benzene rings is 3. The Balaban J connectivity index is 1.19. The van der Waals surface area contributed by atoms with Gasteiger partial charge in [0.05, 0.1) is 0 Å². The number of imidazole rings is 1. The molecule has 2 bridgehead atoms. The first kappa shape index (κ1) is 25.3. The van der Waals surface area contributed by atoms with Crippen LogP contribution in [0.15, 0.2) is 103 Å². The Hall–Kier alpha value is -3.96. The van der Waals surface area contributed by atoms with Crippen LogP contribution in [-0.4, -0.2) is 45.9 Å². The molecular weight excluding hydrogens is 480 g/mol. The zero-order valence-corrected chi connectivity index (χ0v) is 22.4. The van der Waals surface area contributed by atoms with Gasteiger partial charge < -0.3 is 10.3 Å². The van der Waals surface area contributed by atoms with E-state index in [4.69, 9.17) is 0 Å². The lowest BCUT2D eigenvalue weighted by Gasteiger charge is -2.37. The number of amides is 1. The molecule has 2 aliphatic heterocycles. The van der Waals surface area contributed by atoms with Crippen LogP contribution in [0.25, 0.3) is 5.57 Å². The van der Waals surface area contributed by atoms with Crippen LogP contribution in [0.3, 0.4) is 0 Å². The summed E-state index contributed by atoms with van der Waals surface area (Å²) in [6, 6.07) is 31.0. The average molecular weight is 517 g/mol. The average Bonchev–Trinajstić information content (AvgIpc) is 3.58. The molecule has 2 aliphatic rings. The van der Waals surface area contributed by atoms with Crippen LogP contribution in [0, 0.1) is 0 Å². The third kappa shape index (κ3) is 5.89. The second-order valence-corrected chi connectivity index (χ2v) is 10.7. The van der Waals surface area contributed by atoms with E-state index in [9.17, 15) is 4.79 Å². The number of fused-ring (bicyclic) bond motifs is 2. The van der Waals surface area contributed by atoms with E-state index in [0.29, 0.717) is 30.6 Å². The summed E-state index contributed by atoms with van der Waals surface area (Å²) in [6.45, 7) is 1.69. The van der Waals surface area contributed by atoms with Crippen molar-refractivity contribution in [3.05, 3.63) is 131 Å². The molecule has 6 rings (SSSR count). The van der Waals surface area contributed by atoms with E-state index in [1.165, 1.54) is 35.1 Å². The van der Waals surface area contributed by atoms with Crippen LogP contribution in [0.2, 0.25) is 0 Å². The van der Waals surface area contributed by atoms with E-state index in [0.717, 1.165) is 31.6 Å². The highest BCUT2D eigenvalue weighted by Gasteiger charge is 2.39. The fraction of sp³-hybridized carbons (Fsp3) is 0.294. The Labute approximate surface area is 231 Å². The van der Waals surface area contributed by atoms with Crippen molar-refractivity contribution in [2.75, 3.05) is 13.1 Å². The zero-order chi connectivity index (χ0) is 26.4. The van der Waals surface area contributed by atoms with Crippen molar-refractivity contribution in [1.82, 2.24) is 20.2 Å². The number of rotatable bonds is 9. The van der Waals surface area contributed by atoms with E-state index in [-0.39, 0.29) is 5.91 Å². The smallest absolute Gasteiger partial charge is 0.251 e. The van der Waals surface area contributed by atoms with Gasteiger partial charge in [-0.2, -0.15) is 0 Å². The first-order chi connectivity index (χ1) is 19.2. The zero-order valence-electron chi connectivity index (χ0n) is 22.4. The summed E-state index contributed by atoms with van der Waals surface area (Å²) in [5, 5.41) is 3.01. The van der Waals surface area contributed by atoms with E-state index in [2.05, 4.69) is 93.0 Å². The largest absolute Gasteiger partial charge is 0.352 e. The highest BCUT2D eigenvalue weighted by molar-refractivity contribution is 5.95. The Kier molecular flexibility index (Phi) is 7.68. The topological polar surface area (TPSA) is 61.0 Å². The van der Waals surface area contributed by atoms with Gasteiger partial charge in [0, 0.05) is 49.6 Å². The van der Waals surface area contributed by atoms with Crippen molar-refractivity contribution in [2.45, 2.75) is 50.6 Å². The number of aromatic nitrogens is 2. The molecule has 0 spiro atoms. The molecule has 2 saturated heterocycles. The maximum Gasteiger partial charge on any atom is 0.251 e. The molecule has 2 atom stereocenters. The summed E-state index contributed by atoms with van der Waals surface area (Å²) in [4.78, 5) is 22.8. The van der Waals surface area contributed by atoms with Crippen molar-refractivity contribution < 1.29 is 4.79 Å². The Morgan fingerprint density at radius 2 is 1.46 bits per heavy atom. The molecule has 3 aromatic carbocycles. The lowest BCUT2D eigenvalue weighted by molar-refractivity contribution is 0.0954. The van der Waals surface area contributed by atoms with Gasteiger partial charge in [0.2, 0.25) is 0 Å². The van der Waals surface area contributed by atoms with Crippen LogP contribution in [0.5, 0.6) is 0 Å². The Morgan fingerprint density at radius 1 is 0.821 bits per heavy atom. The van der Waals surface area contributed by atoms with Crippen LogP contribution < -0.4 is 5.32 Å². The summed E-state index contributed by atoms with van der Waals surface area (Å²) in [6.07, 6.45) is 10.1. The van der Waals surface area contributed by atoms with Crippen molar-refractivity contribution >= 4 is 11.5 Å². The van der Waals surface area contributed by atoms with Gasteiger partial charge in [-0.25, -0.2) is 4.98 Å². The van der Waals surface area contributed by atoms with E-state index in [1.54, 1.807) is 18.0 Å². The highest BCUT2D eigenvalue weighted by Crippen LogP contribution is 2.43. The minimum absolute atomic E-state index is 0.0493. The molecule has 2 fully saturated rings. The molecule has 198 valence electrons. The van der Waals surface area contributed by atoms with Crippen LogP contribution >= 0.6 is 0 Å². The fourth-order valence-electron chi connectivity index (χ4n) is 6.38. The molecule has 2 unspecified atom stereocenters. The van der Waals surface area contributed by atoms with Gasteiger partial charge in [0.1, 0.15) is 5.82 Å². The standard InChI is InChI=1S/C34H36N4O/c39-34(37-19-17-32-35-20-21-36-32)28-13-11-27(12-14-28)33(26-9-5-2-6-10-26)29-23-30-15-16-31(24-29)38(30)22-18-25-7-3-1-4-8-25/h1-14,20-21,30-31H,15-19,22-24H2,(H,35,36)(H,37,39). The number of H-pyrrole nitrogens is 1. The lowest BCUT2D eigenvalue weighted by atomic mass is 9.85. The molecule has 1 aromatic heterocycles. The molecular formula is C34H36N4O. The summed E-state index contributed by atoms with van der Waals surface area (Å²) >= 11 is 0. The highest BCUT2D eigenvalue weighted by atomic mass is 16.1. The predicted molar refractivity (Wildman–Crippen MR) is 156 cm³/mol. The van der Waals surface area contributed by atoms with Crippen LogP contribution in [0.4, 0.5) is 0 Å². The molecule has 1 amide bonds. The second kappa shape index (κ2) is 11.8. The molecule has 3 heterocycles. The maximum atomic E-state index is 12.8. The lowest BCUT2D eigenvalue weighted by Crippen LogP contribution is -2.41. The Bertz CT molecular complexity index is 1380. The molecule has 39 heavy (non-hydrogen) atoms. The normalized spacial score (nSPS) is 18.7. The fourth-order valence-corrected chi connectivity index (χ4v) is 6.38. The van der Waals surface area contributed by atoms with Gasteiger partial charge in [0.25, 0.3) is 5.91 Å². The molecule has 5 nitrogen and oxygen atoms in total. The summed E-state index contributed by atoms with van der Waals surface area (Å²) in [5.41, 5.74) is 7.47. The minimum atomic E-state index is -0.0493. The van der Waals surface area contributed by atoms with E-state index >= 15 is 0 Å². The SMILES string of the molecule is O=C(NCCc1ncc[nH]1)c1ccc(C(=C2CC3CCC(C2)N3CCc2ccccc2)c2ccccc2)cc1. The number of aromatic amines is 1.